The molecule has 0 bridgehead atoms. The van der Waals surface area contributed by atoms with Crippen molar-refractivity contribution in [1.29, 1.82) is 0 Å². The Kier molecular flexibility index (Phi) is 4.66. The second-order valence-electron chi connectivity index (χ2n) is 2.98. The molecule has 0 fully saturated rings. The van der Waals surface area contributed by atoms with Crippen LogP contribution in [0.15, 0.2) is 17.0 Å². The molecule has 6 nitrogen and oxygen atoms in total. The zero-order valence-corrected chi connectivity index (χ0v) is 14.2. The van der Waals surface area contributed by atoms with E-state index in [1.54, 1.807) is 45.2 Å². The van der Waals surface area contributed by atoms with Crippen molar-refractivity contribution in [2.24, 2.45) is 0 Å². The van der Waals surface area contributed by atoms with Crippen LogP contribution >= 0.6 is 45.2 Å². The van der Waals surface area contributed by atoms with Crippen LogP contribution in [0.25, 0.3) is 0 Å². The van der Waals surface area contributed by atoms with Crippen LogP contribution in [0.5, 0.6) is 5.75 Å². The maximum atomic E-state index is 11.1. The molecule has 0 unspecified atom stereocenters. The molecule has 0 atom stereocenters. The fraction of sp³-hybridized carbons (Fsp3) is 0.143. The first-order valence-electron chi connectivity index (χ1n) is 3.87. The van der Waals surface area contributed by atoms with E-state index in [2.05, 4.69) is 4.18 Å². The van der Waals surface area contributed by atoms with Gasteiger partial charge in [-0.25, -0.2) is 0 Å². The van der Waals surface area contributed by atoms with Gasteiger partial charge in [-0.15, -0.1) is 0 Å². The van der Waals surface area contributed by atoms with Crippen LogP contribution in [-0.4, -0.2) is 27.6 Å². The second-order valence-corrected chi connectivity index (χ2v) is 8.24. The Hall–Kier alpha value is 0.340. The molecule has 1 aromatic rings. The Balaban J connectivity index is 3.39. The normalized spacial score (nSPS) is 12.5. The smallest absolute Gasteiger partial charge is 0.306 e. The predicted molar refractivity (Wildman–Crippen MR) is 77.2 cm³/mol. The van der Waals surface area contributed by atoms with E-state index in [1.807, 2.05) is 0 Å². The highest BCUT2D eigenvalue weighted by Crippen LogP contribution is 2.29. The lowest BCUT2D eigenvalue weighted by molar-refractivity contribution is 0.481. The first kappa shape index (κ1) is 15.4. The highest BCUT2D eigenvalue weighted by atomic mass is 127. The minimum absolute atomic E-state index is 0.00583. The van der Waals surface area contributed by atoms with Crippen molar-refractivity contribution in [1.82, 2.24) is 0 Å². The van der Waals surface area contributed by atoms with Gasteiger partial charge in [0.1, 0.15) is 10.6 Å². The summed E-state index contributed by atoms with van der Waals surface area (Å²) in [5, 5.41) is 0. The number of hydrogen-bond acceptors (Lipinski definition) is 5. The zero-order chi connectivity index (χ0) is 13.4. The summed E-state index contributed by atoms with van der Waals surface area (Å²) in [6, 6.07) is 2.43. The molecule has 1 N–H and O–H groups in total. The lowest BCUT2D eigenvalue weighted by Crippen LogP contribution is -2.08. The predicted octanol–water partition coefficient (Wildman–Crippen LogP) is 1.48. The van der Waals surface area contributed by atoms with Crippen LogP contribution in [0.2, 0.25) is 0 Å². The molecule has 0 saturated heterocycles. The maximum Gasteiger partial charge on any atom is 0.306 e. The van der Waals surface area contributed by atoms with Crippen molar-refractivity contribution in [3.63, 3.8) is 0 Å². The van der Waals surface area contributed by atoms with E-state index in [1.165, 1.54) is 12.1 Å². The molecule has 0 radical (unpaired) electrons. The molecule has 0 saturated carbocycles. The quantitative estimate of drug-likeness (QED) is 0.381. The summed E-state index contributed by atoms with van der Waals surface area (Å²) in [6.45, 7) is 0. The van der Waals surface area contributed by atoms with E-state index in [9.17, 15) is 16.8 Å². The van der Waals surface area contributed by atoms with Gasteiger partial charge in [-0.3, -0.25) is 4.55 Å². The van der Waals surface area contributed by atoms with Crippen LogP contribution in [0, 0.1) is 7.14 Å². The summed E-state index contributed by atoms with van der Waals surface area (Å²) in [6.07, 6.45) is 0.878. The molecule has 0 heterocycles. The molecule has 0 aromatic heterocycles. The molecule has 17 heavy (non-hydrogen) atoms. The molecule has 0 spiro atoms. The fourth-order valence-electron chi connectivity index (χ4n) is 1.01. The van der Waals surface area contributed by atoms with Gasteiger partial charge in [-0.2, -0.15) is 16.8 Å². The van der Waals surface area contributed by atoms with Gasteiger partial charge in [-0.05, 0) is 57.3 Å². The molecular weight excluding hydrogens is 498 g/mol. The van der Waals surface area contributed by atoms with Crippen LogP contribution in [-0.2, 0) is 20.2 Å². The Morgan fingerprint density at radius 3 is 1.82 bits per heavy atom. The zero-order valence-electron chi connectivity index (χ0n) is 8.22. The lowest BCUT2D eigenvalue weighted by atomic mass is 10.3. The van der Waals surface area contributed by atoms with Gasteiger partial charge in [0.25, 0.3) is 10.1 Å². The Morgan fingerprint density at radius 2 is 1.53 bits per heavy atom. The van der Waals surface area contributed by atoms with Crippen molar-refractivity contribution in [2.75, 3.05) is 6.26 Å². The highest BCUT2D eigenvalue weighted by molar-refractivity contribution is 14.1. The number of benzene rings is 1. The molecule has 0 amide bonds. The average Bonchev–Trinajstić information content (AvgIpc) is 1.94. The van der Waals surface area contributed by atoms with E-state index in [0.29, 0.717) is 0 Å². The van der Waals surface area contributed by atoms with Crippen molar-refractivity contribution < 1.29 is 25.6 Å². The SMILES string of the molecule is CS(=O)(=O)Oc1cc(I)c(S(=O)(=O)O)c(I)c1. The third-order valence-corrected chi connectivity index (χ3v) is 5.36. The summed E-state index contributed by atoms with van der Waals surface area (Å²) < 4.78 is 57.9. The van der Waals surface area contributed by atoms with Gasteiger partial charge in [0.05, 0.1) is 6.26 Å². The number of halogens is 2. The monoisotopic (exact) mass is 504 g/mol. The van der Waals surface area contributed by atoms with Crippen LogP contribution in [0.4, 0.5) is 0 Å². The molecular formula is C7H6I2O6S2. The summed E-state index contributed by atoms with van der Waals surface area (Å²) in [7, 11) is -8.02. The Morgan fingerprint density at radius 1 is 1.12 bits per heavy atom. The summed E-state index contributed by atoms with van der Waals surface area (Å²) in [5.41, 5.74) is 0. The van der Waals surface area contributed by atoms with Crippen molar-refractivity contribution in [3.05, 3.63) is 19.3 Å². The molecule has 10 heteroatoms. The molecule has 0 aliphatic carbocycles. The molecule has 1 aromatic carbocycles. The van der Waals surface area contributed by atoms with Gasteiger partial charge in [0, 0.05) is 7.14 Å². The highest BCUT2D eigenvalue weighted by Gasteiger charge is 2.20. The molecule has 0 aliphatic heterocycles. The standard InChI is InChI=1S/C7H6I2O6S2/c1-16(10,11)15-4-2-5(8)7(6(9)3-4)17(12,13)14/h2-3H,1H3,(H,12,13,14). The van der Waals surface area contributed by atoms with Gasteiger partial charge < -0.3 is 4.18 Å². The number of hydrogen-bond donors (Lipinski definition) is 1. The van der Waals surface area contributed by atoms with E-state index >= 15 is 0 Å². The van der Waals surface area contributed by atoms with Gasteiger partial charge >= 0.3 is 10.1 Å². The first-order valence-corrected chi connectivity index (χ1v) is 9.28. The van der Waals surface area contributed by atoms with Crippen LogP contribution in [0.3, 0.4) is 0 Å². The van der Waals surface area contributed by atoms with E-state index in [-0.39, 0.29) is 17.8 Å². The van der Waals surface area contributed by atoms with E-state index in [0.717, 1.165) is 6.26 Å². The van der Waals surface area contributed by atoms with Crippen LogP contribution in [0.1, 0.15) is 0 Å². The Labute approximate surface area is 126 Å². The fourth-order valence-corrected chi connectivity index (χ4v) is 5.44. The topological polar surface area (TPSA) is 97.7 Å². The van der Waals surface area contributed by atoms with Crippen molar-refractivity contribution in [3.8, 4) is 5.75 Å². The van der Waals surface area contributed by atoms with Gasteiger partial charge in [0.2, 0.25) is 0 Å². The average molecular weight is 504 g/mol. The summed E-state index contributed by atoms with van der Waals surface area (Å²) >= 11 is 3.34. The minimum Gasteiger partial charge on any atom is -0.383 e. The van der Waals surface area contributed by atoms with Gasteiger partial charge in [0.15, 0.2) is 0 Å². The molecule has 0 aliphatic rings. The maximum absolute atomic E-state index is 11.1. The Bertz CT molecular complexity index is 626. The number of rotatable bonds is 3. The largest absolute Gasteiger partial charge is 0.383 e. The second kappa shape index (κ2) is 5.14. The van der Waals surface area contributed by atoms with Gasteiger partial charge in [-0.1, -0.05) is 0 Å². The first-order chi connectivity index (χ1) is 7.50. The van der Waals surface area contributed by atoms with E-state index < -0.39 is 20.2 Å². The van der Waals surface area contributed by atoms with Crippen molar-refractivity contribution in [2.45, 2.75) is 4.90 Å². The third-order valence-electron chi connectivity index (χ3n) is 1.48. The van der Waals surface area contributed by atoms with E-state index in [4.69, 9.17) is 4.55 Å². The lowest BCUT2D eigenvalue weighted by Gasteiger charge is -2.08. The third kappa shape index (κ3) is 4.50. The van der Waals surface area contributed by atoms with Crippen molar-refractivity contribution >= 4 is 65.4 Å². The van der Waals surface area contributed by atoms with Crippen LogP contribution < -0.4 is 4.18 Å². The molecule has 1 rings (SSSR count). The summed E-state index contributed by atoms with van der Waals surface area (Å²) in [5.74, 6) is -0.00583. The minimum atomic E-state index is -4.34. The molecule has 96 valence electrons. The summed E-state index contributed by atoms with van der Waals surface area (Å²) in [4.78, 5) is -0.264.